The number of hydrogen-bond acceptors (Lipinski definition) is 8. The summed E-state index contributed by atoms with van der Waals surface area (Å²) in [4.78, 5) is 11.2. The Balaban J connectivity index is 2.19. The average molecular weight is 417 g/mol. The number of rotatable bonds is 2. The SMILES string of the molecule is CC(C)(C)c1[c]c(Br)c2nonc2c1-c1cc2nonc2cc1[N+](=O)[O-]. The van der Waals surface area contributed by atoms with Gasteiger partial charge in [-0.05, 0) is 53.6 Å². The fourth-order valence-electron chi connectivity index (χ4n) is 2.84. The van der Waals surface area contributed by atoms with E-state index in [1.165, 1.54) is 6.07 Å². The number of halogens is 1. The van der Waals surface area contributed by atoms with E-state index < -0.39 is 4.92 Å². The topological polar surface area (TPSA) is 121 Å². The smallest absolute Gasteiger partial charge is 0.258 e. The third kappa shape index (κ3) is 2.45. The van der Waals surface area contributed by atoms with Gasteiger partial charge >= 0.3 is 0 Å². The van der Waals surface area contributed by atoms with Crippen molar-refractivity contribution in [3.8, 4) is 11.1 Å². The molecule has 4 aromatic rings. The fourth-order valence-corrected chi connectivity index (χ4v) is 3.30. The van der Waals surface area contributed by atoms with Crippen LogP contribution in [0.3, 0.4) is 0 Å². The zero-order valence-corrected chi connectivity index (χ0v) is 15.5. The molecule has 0 aliphatic heterocycles. The summed E-state index contributed by atoms with van der Waals surface area (Å²) < 4.78 is 10.2. The molecule has 0 bridgehead atoms. The maximum Gasteiger partial charge on any atom is 0.279 e. The Bertz CT molecular complexity index is 1170. The van der Waals surface area contributed by atoms with Crippen molar-refractivity contribution in [3.05, 3.63) is 38.3 Å². The van der Waals surface area contributed by atoms with Crippen LogP contribution < -0.4 is 0 Å². The van der Waals surface area contributed by atoms with Gasteiger partial charge in [0.2, 0.25) is 0 Å². The van der Waals surface area contributed by atoms with Gasteiger partial charge in [-0.3, -0.25) is 10.1 Å². The Morgan fingerprint density at radius 3 is 2.35 bits per heavy atom. The average Bonchev–Trinajstić information content (AvgIpc) is 3.21. The van der Waals surface area contributed by atoms with Gasteiger partial charge in [0.1, 0.15) is 16.6 Å². The van der Waals surface area contributed by atoms with Crippen molar-refractivity contribution in [3.63, 3.8) is 0 Å². The molecule has 26 heavy (non-hydrogen) atoms. The van der Waals surface area contributed by atoms with Gasteiger partial charge in [0.05, 0.1) is 15.0 Å². The zero-order chi connectivity index (χ0) is 18.6. The standard InChI is InChI=1S/C16H11BrN5O4/c1-16(2,3)8-5-9(17)14-15(21-26-20-14)13(8)7-4-10-11(19-25-18-10)6-12(7)22(23)24/h4,6H,1-3H3. The minimum atomic E-state index is -0.475. The van der Waals surface area contributed by atoms with Crippen molar-refractivity contribution in [2.24, 2.45) is 0 Å². The van der Waals surface area contributed by atoms with E-state index >= 15 is 0 Å². The first-order chi connectivity index (χ1) is 12.3. The van der Waals surface area contributed by atoms with E-state index in [9.17, 15) is 10.1 Å². The van der Waals surface area contributed by atoms with E-state index in [2.05, 4.69) is 42.6 Å². The molecule has 2 heterocycles. The molecular weight excluding hydrogens is 406 g/mol. The number of fused-ring (bicyclic) bond motifs is 2. The van der Waals surface area contributed by atoms with Crippen molar-refractivity contribution in [1.82, 2.24) is 20.6 Å². The predicted molar refractivity (Wildman–Crippen MR) is 94.5 cm³/mol. The van der Waals surface area contributed by atoms with E-state index in [4.69, 9.17) is 9.26 Å². The van der Waals surface area contributed by atoms with Crippen molar-refractivity contribution in [2.75, 3.05) is 0 Å². The normalized spacial score (nSPS) is 12.2. The molecule has 0 aliphatic carbocycles. The number of nitro benzene ring substituents is 1. The van der Waals surface area contributed by atoms with E-state index in [0.29, 0.717) is 37.7 Å². The second kappa shape index (κ2) is 5.56. The molecule has 0 atom stereocenters. The molecule has 10 heteroatoms. The van der Waals surface area contributed by atoms with Crippen LogP contribution in [0.25, 0.3) is 33.2 Å². The van der Waals surface area contributed by atoms with Crippen molar-refractivity contribution in [1.29, 1.82) is 0 Å². The monoisotopic (exact) mass is 416 g/mol. The number of nitro groups is 1. The molecule has 0 N–H and O–H groups in total. The Morgan fingerprint density at radius 2 is 1.69 bits per heavy atom. The molecule has 131 valence electrons. The molecule has 9 nitrogen and oxygen atoms in total. The second-order valence-electron chi connectivity index (χ2n) is 6.78. The van der Waals surface area contributed by atoms with Crippen molar-refractivity contribution >= 4 is 43.7 Å². The molecule has 0 saturated carbocycles. The van der Waals surface area contributed by atoms with Crippen LogP contribution in [0.4, 0.5) is 5.69 Å². The van der Waals surface area contributed by atoms with E-state index in [1.807, 2.05) is 20.8 Å². The van der Waals surface area contributed by atoms with Crippen molar-refractivity contribution < 1.29 is 14.2 Å². The van der Waals surface area contributed by atoms with Gasteiger partial charge in [-0.1, -0.05) is 20.8 Å². The minimum Gasteiger partial charge on any atom is -0.258 e. The van der Waals surface area contributed by atoms with E-state index in [0.717, 1.165) is 5.56 Å². The summed E-state index contributed by atoms with van der Waals surface area (Å²) in [5, 5.41) is 27.0. The molecule has 2 aromatic heterocycles. The zero-order valence-electron chi connectivity index (χ0n) is 13.9. The summed E-state index contributed by atoms with van der Waals surface area (Å²) in [6.07, 6.45) is 0. The Kier molecular flexibility index (Phi) is 3.55. The summed E-state index contributed by atoms with van der Waals surface area (Å²) >= 11 is 3.42. The summed E-state index contributed by atoms with van der Waals surface area (Å²) in [5.74, 6) is 0. The summed E-state index contributed by atoms with van der Waals surface area (Å²) in [7, 11) is 0. The third-order valence-corrected chi connectivity index (χ3v) is 4.58. The molecule has 0 spiro atoms. The highest BCUT2D eigenvalue weighted by Crippen LogP contribution is 2.44. The molecule has 4 rings (SSSR count). The second-order valence-corrected chi connectivity index (χ2v) is 7.57. The number of benzene rings is 2. The van der Waals surface area contributed by atoms with E-state index in [-0.39, 0.29) is 11.1 Å². The van der Waals surface area contributed by atoms with Crippen molar-refractivity contribution in [2.45, 2.75) is 26.2 Å². The van der Waals surface area contributed by atoms with Crippen LogP contribution in [0, 0.1) is 16.2 Å². The molecule has 0 unspecified atom stereocenters. The van der Waals surface area contributed by atoms with Gasteiger partial charge in [0.25, 0.3) is 5.69 Å². The van der Waals surface area contributed by atoms with Crippen LogP contribution in [0.5, 0.6) is 0 Å². The first kappa shape index (κ1) is 16.6. The Morgan fingerprint density at radius 1 is 1.08 bits per heavy atom. The Labute approximate surface area is 154 Å². The first-order valence-corrected chi connectivity index (χ1v) is 8.35. The van der Waals surface area contributed by atoms with Crippen LogP contribution in [0.15, 0.2) is 25.9 Å². The largest absolute Gasteiger partial charge is 0.279 e. The Hall–Kier alpha value is -2.88. The predicted octanol–water partition coefficient (Wildman–Crippen LogP) is 4.19. The van der Waals surface area contributed by atoms with Gasteiger partial charge in [-0.25, -0.2) is 9.26 Å². The molecule has 0 saturated heterocycles. The van der Waals surface area contributed by atoms with Gasteiger partial charge in [-0.15, -0.1) is 0 Å². The highest BCUT2D eigenvalue weighted by atomic mass is 79.9. The molecule has 2 aromatic carbocycles. The highest BCUT2D eigenvalue weighted by molar-refractivity contribution is 9.10. The van der Waals surface area contributed by atoms with Crippen LogP contribution in [0.1, 0.15) is 26.3 Å². The molecular formula is C16H11BrN5O4. The summed E-state index contributed by atoms with van der Waals surface area (Å²) in [5.41, 5.74) is 2.59. The van der Waals surface area contributed by atoms with Crippen LogP contribution in [-0.4, -0.2) is 25.5 Å². The number of nitrogens with zero attached hydrogens (tertiary/aromatic N) is 5. The van der Waals surface area contributed by atoms with Gasteiger partial charge in [-0.2, -0.15) is 0 Å². The number of aromatic nitrogens is 4. The van der Waals surface area contributed by atoms with Crippen LogP contribution in [-0.2, 0) is 5.41 Å². The molecule has 0 amide bonds. The van der Waals surface area contributed by atoms with Gasteiger partial charge < -0.3 is 0 Å². The lowest BCUT2D eigenvalue weighted by atomic mass is 9.81. The maximum absolute atomic E-state index is 11.7. The lowest BCUT2D eigenvalue weighted by molar-refractivity contribution is -0.384. The number of hydrogen-bond donors (Lipinski definition) is 0. The lowest BCUT2D eigenvalue weighted by Crippen LogP contribution is -2.14. The minimum absolute atomic E-state index is 0.140. The fraction of sp³-hybridized carbons (Fsp3) is 0.250. The lowest BCUT2D eigenvalue weighted by Gasteiger charge is -2.23. The van der Waals surface area contributed by atoms with Crippen LogP contribution in [0.2, 0.25) is 0 Å². The molecule has 0 aliphatic rings. The molecule has 1 radical (unpaired) electrons. The quantitative estimate of drug-likeness (QED) is 0.352. The third-order valence-electron chi connectivity index (χ3n) is 4.01. The summed E-state index contributed by atoms with van der Waals surface area (Å²) in [6.45, 7) is 5.95. The van der Waals surface area contributed by atoms with E-state index in [1.54, 1.807) is 6.07 Å². The highest BCUT2D eigenvalue weighted by Gasteiger charge is 2.30. The van der Waals surface area contributed by atoms with Gasteiger partial charge in [0, 0.05) is 17.7 Å². The summed E-state index contributed by atoms with van der Waals surface area (Å²) in [6, 6.07) is 6.11. The van der Waals surface area contributed by atoms with Gasteiger partial charge in [0.15, 0.2) is 5.52 Å². The maximum atomic E-state index is 11.7. The molecule has 0 fully saturated rings. The van der Waals surface area contributed by atoms with Crippen LogP contribution >= 0.6 is 15.9 Å². The first-order valence-electron chi connectivity index (χ1n) is 7.56.